The fraction of sp³-hybridized carbons (Fsp3) is 0.292. The molecule has 13 heteroatoms. The number of aromatic nitrogens is 3. The van der Waals surface area contributed by atoms with Crippen molar-refractivity contribution >= 4 is 40.8 Å². The molecule has 2 amide bonds. The molecule has 2 aromatic heterocycles. The number of amides is 2. The van der Waals surface area contributed by atoms with Crippen molar-refractivity contribution in [2.24, 2.45) is 4.99 Å². The number of hydrogen-bond donors (Lipinski definition) is 3. The molecule has 1 atom stereocenters. The Kier molecular flexibility index (Phi) is 8.25. The van der Waals surface area contributed by atoms with Crippen LogP contribution in [-0.2, 0) is 4.79 Å². The number of aliphatic imine (C=N–C) groups is 1. The quantitative estimate of drug-likeness (QED) is 0.226. The van der Waals surface area contributed by atoms with Crippen LogP contribution in [0.1, 0.15) is 35.5 Å². The van der Waals surface area contributed by atoms with Crippen molar-refractivity contribution in [3.05, 3.63) is 59.4 Å². The molecule has 0 saturated carbocycles. The van der Waals surface area contributed by atoms with E-state index in [0.29, 0.717) is 12.0 Å². The number of benzene rings is 1. The summed E-state index contributed by atoms with van der Waals surface area (Å²) in [6.45, 7) is 4.86. The van der Waals surface area contributed by atoms with Crippen molar-refractivity contribution in [2.45, 2.75) is 33.0 Å². The van der Waals surface area contributed by atoms with Crippen LogP contribution in [0.25, 0.3) is 11.2 Å². The van der Waals surface area contributed by atoms with Gasteiger partial charge in [-0.3, -0.25) is 19.0 Å². The second kappa shape index (κ2) is 11.2. The molecule has 9 nitrogen and oxygen atoms in total. The van der Waals surface area contributed by atoms with Gasteiger partial charge in [-0.2, -0.15) is 13.2 Å². The SMILES string of the molecule is C/C=C(\C(=NC)C(F)(F)F)c1cnc2c(Nc3cc(C)c(C(=O)NC(C)CNC=O)c(F)c3)nccn12. The van der Waals surface area contributed by atoms with E-state index in [4.69, 9.17) is 0 Å². The Balaban J connectivity index is 1.93. The number of hydrogen-bond acceptors (Lipinski definition) is 6. The molecule has 0 radical (unpaired) electrons. The summed E-state index contributed by atoms with van der Waals surface area (Å²) in [5.74, 6) is -1.27. The van der Waals surface area contributed by atoms with Gasteiger partial charge >= 0.3 is 6.18 Å². The maximum Gasteiger partial charge on any atom is 0.433 e. The van der Waals surface area contributed by atoms with Gasteiger partial charge in [0.25, 0.3) is 5.91 Å². The van der Waals surface area contributed by atoms with Crippen LogP contribution in [0.2, 0.25) is 0 Å². The maximum atomic E-state index is 14.9. The van der Waals surface area contributed by atoms with Gasteiger partial charge in [0.15, 0.2) is 11.5 Å². The lowest BCUT2D eigenvalue weighted by Gasteiger charge is -2.16. The third kappa shape index (κ3) is 5.93. The third-order valence-corrected chi connectivity index (χ3v) is 5.40. The van der Waals surface area contributed by atoms with Crippen LogP contribution in [0.4, 0.5) is 29.1 Å². The van der Waals surface area contributed by atoms with Crippen LogP contribution in [0.3, 0.4) is 0 Å². The standard InChI is InChI=1S/C24H25F4N7O2/c1-5-16(20(29-4)24(26,27)28)18-11-32-22-21(31-6-7-35(18)22)34-15-8-13(2)19(17(25)9-15)23(37)33-14(3)10-30-12-36/h5-9,11-12,14H,10H2,1-4H3,(H,30,36)(H,31,34)(H,33,37)/b16-5-,29-20?. The van der Waals surface area contributed by atoms with Crippen molar-refractivity contribution in [3.8, 4) is 0 Å². The predicted molar refractivity (Wildman–Crippen MR) is 131 cm³/mol. The van der Waals surface area contributed by atoms with Gasteiger partial charge in [0.2, 0.25) is 6.41 Å². The Morgan fingerprint density at radius 2 is 2.00 bits per heavy atom. The number of fused-ring (bicyclic) bond motifs is 1. The van der Waals surface area contributed by atoms with E-state index in [1.165, 1.54) is 42.1 Å². The first-order chi connectivity index (χ1) is 17.5. The molecule has 3 aromatic rings. The molecule has 1 unspecified atom stereocenters. The summed E-state index contributed by atoms with van der Waals surface area (Å²) >= 11 is 0. The van der Waals surface area contributed by atoms with Crippen molar-refractivity contribution in [2.75, 3.05) is 18.9 Å². The summed E-state index contributed by atoms with van der Waals surface area (Å²) in [5.41, 5.74) is -0.435. The molecule has 196 valence electrons. The topological polar surface area (TPSA) is 113 Å². The van der Waals surface area contributed by atoms with E-state index in [1.54, 1.807) is 13.8 Å². The zero-order valence-corrected chi connectivity index (χ0v) is 20.4. The molecule has 0 bridgehead atoms. The zero-order chi connectivity index (χ0) is 27.3. The normalized spacial score (nSPS) is 13.4. The van der Waals surface area contributed by atoms with Gasteiger partial charge < -0.3 is 16.0 Å². The van der Waals surface area contributed by atoms with Gasteiger partial charge in [0.05, 0.1) is 17.5 Å². The van der Waals surface area contributed by atoms with Gasteiger partial charge in [0.1, 0.15) is 11.5 Å². The Hall–Kier alpha value is -4.29. The number of anilines is 2. The molecule has 0 fully saturated rings. The van der Waals surface area contributed by atoms with Crippen molar-refractivity contribution in [1.29, 1.82) is 0 Å². The minimum atomic E-state index is -4.67. The van der Waals surface area contributed by atoms with E-state index in [0.717, 1.165) is 13.1 Å². The summed E-state index contributed by atoms with van der Waals surface area (Å²) in [7, 11) is 1.06. The number of alkyl halides is 3. The lowest BCUT2D eigenvalue weighted by atomic mass is 10.1. The maximum absolute atomic E-state index is 14.9. The van der Waals surface area contributed by atoms with Crippen molar-refractivity contribution in [3.63, 3.8) is 0 Å². The first-order valence-corrected chi connectivity index (χ1v) is 11.1. The van der Waals surface area contributed by atoms with E-state index < -0.39 is 29.7 Å². The van der Waals surface area contributed by atoms with E-state index in [2.05, 4.69) is 30.9 Å². The highest BCUT2D eigenvalue weighted by Crippen LogP contribution is 2.30. The van der Waals surface area contributed by atoms with Crippen LogP contribution in [-0.4, -0.2) is 58.2 Å². The number of halogens is 4. The van der Waals surface area contributed by atoms with Crippen LogP contribution in [0, 0.1) is 12.7 Å². The molecule has 0 spiro atoms. The van der Waals surface area contributed by atoms with Gasteiger partial charge in [0, 0.05) is 43.3 Å². The minimum absolute atomic E-state index is 0.147. The van der Waals surface area contributed by atoms with Gasteiger partial charge in [-0.15, -0.1) is 0 Å². The number of carbonyl (C=O) groups is 2. The second-order valence-corrected chi connectivity index (χ2v) is 8.06. The molecule has 0 saturated heterocycles. The first-order valence-electron chi connectivity index (χ1n) is 11.1. The number of rotatable bonds is 9. The Labute approximate surface area is 209 Å². The lowest BCUT2D eigenvalue weighted by molar-refractivity contribution is -0.109. The average Bonchev–Trinajstić information content (AvgIpc) is 3.24. The zero-order valence-electron chi connectivity index (χ0n) is 20.4. The van der Waals surface area contributed by atoms with Gasteiger partial charge in [-0.05, 0) is 38.5 Å². The smallest absolute Gasteiger partial charge is 0.357 e. The molecule has 3 N–H and O–H groups in total. The number of nitrogens with one attached hydrogen (secondary N) is 3. The molecule has 0 aliphatic carbocycles. The van der Waals surface area contributed by atoms with E-state index in [1.807, 2.05) is 0 Å². The van der Waals surface area contributed by atoms with Crippen molar-refractivity contribution < 1.29 is 27.2 Å². The third-order valence-electron chi connectivity index (χ3n) is 5.40. The van der Waals surface area contributed by atoms with E-state index in [-0.39, 0.29) is 40.5 Å². The fourth-order valence-corrected chi connectivity index (χ4v) is 3.82. The summed E-state index contributed by atoms with van der Waals surface area (Å²) in [6.07, 6.45) is 1.22. The van der Waals surface area contributed by atoms with Crippen LogP contribution < -0.4 is 16.0 Å². The molecule has 1 aromatic carbocycles. The summed E-state index contributed by atoms with van der Waals surface area (Å²) in [6, 6.07) is 2.21. The molecule has 37 heavy (non-hydrogen) atoms. The molecule has 2 heterocycles. The van der Waals surface area contributed by atoms with Gasteiger partial charge in [-0.25, -0.2) is 14.4 Å². The average molecular weight is 520 g/mol. The Bertz CT molecular complexity index is 1360. The highest BCUT2D eigenvalue weighted by atomic mass is 19.4. The molecular weight excluding hydrogens is 494 g/mol. The largest absolute Gasteiger partial charge is 0.433 e. The Morgan fingerprint density at radius 1 is 1.27 bits per heavy atom. The number of nitrogens with zero attached hydrogens (tertiary/aromatic N) is 4. The molecular formula is C24H25F4N7O2. The minimum Gasteiger partial charge on any atom is -0.357 e. The molecule has 0 aliphatic heterocycles. The summed E-state index contributed by atoms with van der Waals surface area (Å²) in [4.78, 5) is 34.8. The summed E-state index contributed by atoms with van der Waals surface area (Å²) in [5, 5.41) is 7.96. The summed E-state index contributed by atoms with van der Waals surface area (Å²) < 4.78 is 56.8. The molecule has 3 rings (SSSR count). The monoisotopic (exact) mass is 519 g/mol. The fourth-order valence-electron chi connectivity index (χ4n) is 3.82. The Morgan fingerprint density at radius 3 is 2.59 bits per heavy atom. The predicted octanol–water partition coefficient (Wildman–Crippen LogP) is 3.82. The number of aryl methyl sites for hydroxylation is 1. The first kappa shape index (κ1) is 27.3. The van der Waals surface area contributed by atoms with Gasteiger partial charge in [-0.1, -0.05) is 6.08 Å². The van der Waals surface area contributed by atoms with E-state index in [9.17, 15) is 27.2 Å². The number of imidazole rings is 1. The van der Waals surface area contributed by atoms with E-state index >= 15 is 0 Å². The molecule has 0 aliphatic rings. The van der Waals surface area contributed by atoms with Crippen molar-refractivity contribution in [1.82, 2.24) is 25.0 Å². The van der Waals surface area contributed by atoms with Crippen LogP contribution in [0.5, 0.6) is 0 Å². The lowest BCUT2D eigenvalue weighted by Crippen LogP contribution is -2.40. The van der Waals surface area contributed by atoms with Crippen LogP contribution >= 0.6 is 0 Å². The highest BCUT2D eigenvalue weighted by molar-refractivity contribution is 6.26. The second-order valence-electron chi connectivity index (χ2n) is 8.06. The highest BCUT2D eigenvalue weighted by Gasteiger charge is 2.38. The van der Waals surface area contributed by atoms with Crippen LogP contribution in [0.15, 0.2) is 41.8 Å². The number of carbonyl (C=O) groups excluding carboxylic acids is 2. The number of allylic oxidation sites excluding steroid dienone is 2.